The summed E-state index contributed by atoms with van der Waals surface area (Å²) in [6.45, 7) is 4.30. The molecule has 0 fully saturated rings. The summed E-state index contributed by atoms with van der Waals surface area (Å²) in [5.74, 6) is 1.41. The molecule has 0 radical (unpaired) electrons. The molecule has 0 saturated carbocycles. The summed E-state index contributed by atoms with van der Waals surface area (Å²) >= 11 is 0. The van der Waals surface area contributed by atoms with E-state index in [1.54, 1.807) is 14.0 Å². The van der Waals surface area contributed by atoms with Crippen molar-refractivity contribution in [3.63, 3.8) is 0 Å². The van der Waals surface area contributed by atoms with Gasteiger partial charge in [0.15, 0.2) is 6.10 Å². The first-order chi connectivity index (χ1) is 11.1. The lowest BCUT2D eigenvalue weighted by molar-refractivity contribution is -0.127. The number of carbonyl (C=O) groups excluding carboxylic acids is 1. The van der Waals surface area contributed by atoms with Gasteiger partial charge >= 0.3 is 0 Å². The van der Waals surface area contributed by atoms with Crippen molar-refractivity contribution in [1.29, 1.82) is 0 Å². The fourth-order valence-corrected chi connectivity index (χ4v) is 2.25. The second kappa shape index (κ2) is 8.22. The van der Waals surface area contributed by atoms with Crippen LogP contribution in [0, 0.1) is 6.92 Å². The number of nitrogens with one attached hydrogen (secondary N) is 1. The van der Waals surface area contributed by atoms with E-state index in [9.17, 15) is 4.79 Å². The molecule has 0 aromatic heterocycles. The highest BCUT2D eigenvalue weighted by Crippen LogP contribution is 2.17. The van der Waals surface area contributed by atoms with Crippen LogP contribution in [-0.4, -0.2) is 25.7 Å². The molecular weight excluding hydrogens is 290 g/mol. The Morgan fingerprint density at radius 3 is 2.52 bits per heavy atom. The van der Waals surface area contributed by atoms with E-state index < -0.39 is 6.10 Å². The van der Waals surface area contributed by atoms with E-state index in [2.05, 4.69) is 5.32 Å². The van der Waals surface area contributed by atoms with Gasteiger partial charge in [0.05, 0.1) is 7.11 Å². The normalized spacial score (nSPS) is 11.6. The lowest BCUT2D eigenvalue weighted by Crippen LogP contribution is -2.37. The Kier molecular flexibility index (Phi) is 6.03. The van der Waals surface area contributed by atoms with E-state index in [4.69, 9.17) is 9.47 Å². The van der Waals surface area contributed by atoms with Crippen molar-refractivity contribution in [2.75, 3.05) is 13.7 Å². The fraction of sp³-hybridized carbons (Fsp3) is 0.316. The van der Waals surface area contributed by atoms with Crippen LogP contribution in [0.5, 0.6) is 11.5 Å². The first kappa shape index (κ1) is 16.9. The summed E-state index contributed by atoms with van der Waals surface area (Å²) in [4.78, 5) is 12.1. The molecule has 0 heterocycles. The highest BCUT2D eigenvalue weighted by molar-refractivity contribution is 5.80. The van der Waals surface area contributed by atoms with E-state index in [0.717, 1.165) is 16.9 Å². The Balaban J connectivity index is 1.81. The first-order valence-corrected chi connectivity index (χ1v) is 7.73. The number of benzene rings is 2. The minimum absolute atomic E-state index is 0.125. The summed E-state index contributed by atoms with van der Waals surface area (Å²) < 4.78 is 10.9. The lowest BCUT2D eigenvalue weighted by atomic mass is 10.1. The molecule has 1 amide bonds. The molecule has 0 saturated heterocycles. The Bertz CT molecular complexity index is 637. The van der Waals surface area contributed by atoms with E-state index in [-0.39, 0.29) is 5.91 Å². The van der Waals surface area contributed by atoms with E-state index in [1.807, 2.05) is 55.5 Å². The van der Waals surface area contributed by atoms with Crippen LogP contribution in [0.2, 0.25) is 0 Å². The summed E-state index contributed by atoms with van der Waals surface area (Å²) in [6, 6.07) is 15.5. The van der Waals surface area contributed by atoms with Gasteiger partial charge < -0.3 is 14.8 Å². The molecular formula is C19H23NO3. The van der Waals surface area contributed by atoms with Gasteiger partial charge in [-0.05, 0) is 44.0 Å². The van der Waals surface area contributed by atoms with Crippen molar-refractivity contribution in [2.24, 2.45) is 0 Å². The van der Waals surface area contributed by atoms with Gasteiger partial charge in [0.1, 0.15) is 11.5 Å². The molecule has 0 aliphatic rings. The summed E-state index contributed by atoms with van der Waals surface area (Å²) in [6.07, 6.45) is 0.183. The van der Waals surface area contributed by atoms with Crippen molar-refractivity contribution in [3.8, 4) is 11.5 Å². The Morgan fingerprint density at radius 2 is 1.83 bits per heavy atom. The predicted molar refractivity (Wildman–Crippen MR) is 91.0 cm³/mol. The quantitative estimate of drug-likeness (QED) is 0.854. The molecule has 4 heteroatoms. The maximum Gasteiger partial charge on any atom is 0.260 e. The average molecular weight is 313 g/mol. The summed E-state index contributed by atoms with van der Waals surface area (Å²) in [7, 11) is 1.65. The van der Waals surface area contributed by atoms with Crippen molar-refractivity contribution >= 4 is 5.91 Å². The largest absolute Gasteiger partial charge is 0.496 e. The van der Waals surface area contributed by atoms with Crippen LogP contribution >= 0.6 is 0 Å². The van der Waals surface area contributed by atoms with Gasteiger partial charge in [-0.25, -0.2) is 0 Å². The van der Waals surface area contributed by atoms with Crippen LogP contribution in [0.1, 0.15) is 18.1 Å². The number of methoxy groups -OCH3 is 1. The van der Waals surface area contributed by atoms with Gasteiger partial charge in [-0.3, -0.25) is 4.79 Å². The van der Waals surface area contributed by atoms with Crippen molar-refractivity contribution in [1.82, 2.24) is 5.32 Å². The average Bonchev–Trinajstić information content (AvgIpc) is 2.57. The van der Waals surface area contributed by atoms with Crippen molar-refractivity contribution in [3.05, 3.63) is 59.7 Å². The van der Waals surface area contributed by atoms with Crippen LogP contribution in [-0.2, 0) is 11.2 Å². The molecule has 23 heavy (non-hydrogen) atoms. The third kappa shape index (κ3) is 5.02. The SMILES string of the molecule is COc1ccccc1CCNC(=O)C(C)Oc1ccc(C)cc1. The topological polar surface area (TPSA) is 47.6 Å². The van der Waals surface area contributed by atoms with Gasteiger partial charge in [0.2, 0.25) is 0 Å². The molecule has 0 bridgehead atoms. The lowest BCUT2D eigenvalue weighted by Gasteiger charge is -2.15. The molecule has 4 nitrogen and oxygen atoms in total. The summed E-state index contributed by atoms with van der Waals surface area (Å²) in [5.41, 5.74) is 2.23. The second-order valence-corrected chi connectivity index (χ2v) is 5.43. The van der Waals surface area contributed by atoms with Crippen LogP contribution < -0.4 is 14.8 Å². The molecule has 2 aromatic rings. The highest BCUT2D eigenvalue weighted by Gasteiger charge is 2.14. The van der Waals surface area contributed by atoms with Gasteiger partial charge in [-0.2, -0.15) is 0 Å². The predicted octanol–water partition coefficient (Wildman–Crippen LogP) is 3.13. The smallest absolute Gasteiger partial charge is 0.260 e. The number of aryl methyl sites for hydroxylation is 1. The van der Waals surface area contributed by atoms with Crippen LogP contribution in [0.3, 0.4) is 0 Å². The maximum atomic E-state index is 12.1. The zero-order chi connectivity index (χ0) is 16.7. The van der Waals surface area contributed by atoms with Crippen LogP contribution in [0.15, 0.2) is 48.5 Å². The number of amides is 1. The summed E-state index contributed by atoms with van der Waals surface area (Å²) in [5, 5.41) is 2.89. The van der Waals surface area contributed by atoms with Gasteiger partial charge in [0.25, 0.3) is 5.91 Å². The molecule has 2 aromatic carbocycles. The minimum Gasteiger partial charge on any atom is -0.496 e. The number of ether oxygens (including phenoxy) is 2. The number of rotatable bonds is 7. The van der Waals surface area contributed by atoms with E-state index in [1.165, 1.54) is 0 Å². The molecule has 1 unspecified atom stereocenters. The number of hydrogen-bond acceptors (Lipinski definition) is 3. The van der Waals surface area contributed by atoms with Crippen molar-refractivity contribution in [2.45, 2.75) is 26.4 Å². The third-order valence-corrected chi connectivity index (χ3v) is 3.59. The van der Waals surface area contributed by atoms with Crippen molar-refractivity contribution < 1.29 is 14.3 Å². The molecule has 122 valence electrons. The number of para-hydroxylation sites is 1. The Labute approximate surface area is 137 Å². The fourth-order valence-electron chi connectivity index (χ4n) is 2.25. The van der Waals surface area contributed by atoms with E-state index >= 15 is 0 Å². The van der Waals surface area contributed by atoms with E-state index in [0.29, 0.717) is 18.7 Å². The standard InChI is InChI=1S/C19H23NO3/c1-14-8-10-17(11-9-14)23-15(2)19(21)20-13-12-16-6-4-5-7-18(16)22-3/h4-11,15H,12-13H2,1-3H3,(H,20,21). The van der Waals surface area contributed by atoms with Crippen LogP contribution in [0.4, 0.5) is 0 Å². The van der Waals surface area contributed by atoms with Gasteiger partial charge in [0, 0.05) is 6.54 Å². The zero-order valence-corrected chi connectivity index (χ0v) is 13.8. The van der Waals surface area contributed by atoms with Gasteiger partial charge in [-0.15, -0.1) is 0 Å². The molecule has 2 rings (SSSR count). The molecule has 0 aliphatic heterocycles. The number of carbonyl (C=O) groups is 1. The maximum absolute atomic E-state index is 12.1. The van der Waals surface area contributed by atoms with Crippen LogP contribution in [0.25, 0.3) is 0 Å². The highest BCUT2D eigenvalue weighted by atomic mass is 16.5. The number of hydrogen-bond donors (Lipinski definition) is 1. The Morgan fingerprint density at radius 1 is 1.13 bits per heavy atom. The van der Waals surface area contributed by atoms with Gasteiger partial charge in [-0.1, -0.05) is 35.9 Å². The monoisotopic (exact) mass is 313 g/mol. The molecule has 1 N–H and O–H groups in total. The zero-order valence-electron chi connectivity index (χ0n) is 13.8. The third-order valence-electron chi connectivity index (χ3n) is 3.59. The Hall–Kier alpha value is -2.49. The molecule has 0 aliphatic carbocycles. The molecule has 0 spiro atoms. The molecule has 1 atom stereocenters. The second-order valence-electron chi connectivity index (χ2n) is 5.43. The first-order valence-electron chi connectivity index (χ1n) is 7.73. The minimum atomic E-state index is -0.532.